The quantitative estimate of drug-likeness (QED) is 0.189. The van der Waals surface area contributed by atoms with Crippen LogP contribution in [-0.4, -0.2) is 68.4 Å². The highest BCUT2D eigenvalue weighted by Crippen LogP contribution is 2.05. The predicted molar refractivity (Wildman–Crippen MR) is 44.2 cm³/mol. The molecule has 0 saturated heterocycles. The molecular weight excluding hydrogens is 228 g/mol. The third kappa shape index (κ3) is 3.90. The zero-order chi connectivity index (χ0) is 12.9. The van der Waals surface area contributed by atoms with E-state index >= 15 is 0 Å². The average molecular weight is 238 g/mol. The second-order valence-electron chi connectivity index (χ2n) is 2.74. The maximum absolute atomic E-state index is 10.7. The molecule has 0 spiro atoms. The molecule has 9 nitrogen and oxygen atoms in total. The van der Waals surface area contributed by atoms with Crippen LogP contribution < -0.4 is 0 Å². The van der Waals surface area contributed by atoms with Crippen LogP contribution in [0.2, 0.25) is 0 Å². The van der Waals surface area contributed by atoms with Gasteiger partial charge in [0.25, 0.3) is 0 Å². The van der Waals surface area contributed by atoms with E-state index in [1.54, 1.807) is 0 Å². The minimum Gasteiger partial charge on any atom is -0.449 e. The third-order valence-corrected chi connectivity index (χ3v) is 1.59. The van der Waals surface area contributed by atoms with E-state index < -0.39 is 36.5 Å². The van der Waals surface area contributed by atoms with Crippen LogP contribution in [0.3, 0.4) is 0 Å². The van der Waals surface area contributed by atoms with Gasteiger partial charge in [0.1, 0.15) is 18.3 Å². The van der Waals surface area contributed by atoms with Gasteiger partial charge in [0.15, 0.2) is 12.4 Å². The minimum atomic E-state index is -2.40. The number of carbonyl (C=O) groups excluding carboxylic acids is 2. The summed E-state index contributed by atoms with van der Waals surface area (Å²) in [6, 6.07) is 0. The molecule has 0 saturated carbocycles. The molecule has 0 bridgehead atoms. The molecule has 0 unspecified atom stereocenters. The number of aldehydes is 1. The third-order valence-electron chi connectivity index (χ3n) is 1.59. The highest BCUT2D eigenvalue weighted by atomic mass is 16.7. The van der Waals surface area contributed by atoms with Crippen molar-refractivity contribution in [3.63, 3.8) is 0 Å². The van der Waals surface area contributed by atoms with Crippen LogP contribution in [0.4, 0.5) is 4.79 Å². The smallest absolute Gasteiger partial charge is 0.449 e. The van der Waals surface area contributed by atoms with Crippen LogP contribution in [0.15, 0.2) is 0 Å². The Morgan fingerprint density at radius 2 is 1.56 bits per heavy atom. The molecule has 0 aliphatic heterocycles. The predicted octanol–water partition coefficient (Wildman–Crippen LogP) is -3.15. The van der Waals surface area contributed by atoms with Crippen molar-refractivity contribution in [3.8, 4) is 0 Å². The van der Waals surface area contributed by atoms with Crippen LogP contribution in [0.5, 0.6) is 0 Å². The Kier molecular flexibility index (Phi) is 5.53. The van der Waals surface area contributed by atoms with Gasteiger partial charge < -0.3 is 35.1 Å². The standard InChI is InChI=1S/C7H10O9/c8-1-2(9)3(10)4(11)5(12)6(13)16-7(14)15/h1-5,9-12H,(H,14,15)/t2-,3+,4-,5-/m0/s1. The Labute approximate surface area is 88.5 Å². The van der Waals surface area contributed by atoms with Crippen molar-refractivity contribution >= 4 is 18.4 Å². The molecule has 16 heavy (non-hydrogen) atoms. The Morgan fingerprint density at radius 3 is 1.94 bits per heavy atom. The topological polar surface area (TPSA) is 162 Å². The molecule has 0 fully saturated rings. The summed E-state index contributed by atoms with van der Waals surface area (Å²) < 4.78 is 3.48. The molecule has 0 radical (unpaired) electrons. The van der Waals surface area contributed by atoms with Crippen molar-refractivity contribution in [2.45, 2.75) is 24.4 Å². The summed E-state index contributed by atoms with van der Waals surface area (Å²) >= 11 is 0. The lowest BCUT2D eigenvalue weighted by atomic mass is 10.0. The summed E-state index contributed by atoms with van der Waals surface area (Å²) in [5, 5.41) is 43.8. The number of aliphatic hydroxyl groups excluding tert-OH is 4. The van der Waals surface area contributed by atoms with Crippen molar-refractivity contribution < 1.29 is 44.7 Å². The number of carboxylic acid groups (broad SMARTS) is 1. The molecule has 0 aromatic rings. The fraction of sp³-hybridized carbons (Fsp3) is 0.571. The molecule has 92 valence electrons. The van der Waals surface area contributed by atoms with E-state index in [0.29, 0.717) is 0 Å². The lowest BCUT2D eigenvalue weighted by Gasteiger charge is -2.22. The first kappa shape index (κ1) is 14.5. The van der Waals surface area contributed by atoms with Crippen molar-refractivity contribution in [3.05, 3.63) is 0 Å². The first-order chi connectivity index (χ1) is 7.31. The van der Waals surface area contributed by atoms with Gasteiger partial charge in [0.2, 0.25) is 0 Å². The number of hydrogen-bond acceptors (Lipinski definition) is 8. The van der Waals surface area contributed by atoms with Crippen LogP contribution >= 0.6 is 0 Å². The zero-order valence-electron chi connectivity index (χ0n) is 7.76. The van der Waals surface area contributed by atoms with Gasteiger partial charge in [0, 0.05) is 0 Å². The highest BCUT2D eigenvalue weighted by molar-refractivity contribution is 5.84. The second-order valence-corrected chi connectivity index (χ2v) is 2.74. The largest absolute Gasteiger partial charge is 0.513 e. The molecule has 0 heterocycles. The molecule has 0 rings (SSSR count). The molecule has 9 heteroatoms. The molecule has 0 aliphatic carbocycles. The first-order valence-electron chi connectivity index (χ1n) is 3.93. The van der Waals surface area contributed by atoms with Gasteiger partial charge in [-0.05, 0) is 0 Å². The van der Waals surface area contributed by atoms with Gasteiger partial charge >= 0.3 is 12.1 Å². The maximum atomic E-state index is 10.7. The van der Waals surface area contributed by atoms with Gasteiger partial charge in [-0.3, -0.25) is 0 Å². The molecule has 0 amide bonds. The summed E-state index contributed by atoms with van der Waals surface area (Å²) in [6.07, 6.45) is -11.0. The Bertz CT molecular complexity index is 275. The van der Waals surface area contributed by atoms with E-state index in [2.05, 4.69) is 4.74 Å². The fourth-order valence-corrected chi connectivity index (χ4v) is 0.755. The second kappa shape index (κ2) is 6.12. The average Bonchev–Trinajstić information content (AvgIpc) is 2.23. The van der Waals surface area contributed by atoms with Gasteiger partial charge in [-0.15, -0.1) is 0 Å². The zero-order valence-corrected chi connectivity index (χ0v) is 7.76. The molecule has 4 atom stereocenters. The molecular formula is C7H10O9. The number of aliphatic hydroxyl groups is 4. The summed E-state index contributed by atoms with van der Waals surface area (Å²) in [4.78, 5) is 30.6. The van der Waals surface area contributed by atoms with E-state index in [0.717, 1.165) is 0 Å². The fourth-order valence-electron chi connectivity index (χ4n) is 0.755. The van der Waals surface area contributed by atoms with Crippen LogP contribution in [0.1, 0.15) is 0 Å². The minimum absolute atomic E-state index is 0.136. The van der Waals surface area contributed by atoms with Crippen LogP contribution in [-0.2, 0) is 14.3 Å². The van der Waals surface area contributed by atoms with Gasteiger partial charge in [-0.2, -0.15) is 0 Å². The number of ether oxygens (including phenoxy) is 1. The van der Waals surface area contributed by atoms with E-state index in [9.17, 15) is 14.4 Å². The number of carbonyl (C=O) groups is 3. The molecule has 0 aliphatic rings. The molecule has 0 aromatic carbocycles. The monoisotopic (exact) mass is 238 g/mol. The van der Waals surface area contributed by atoms with Crippen molar-refractivity contribution in [2.75, 3.05) is 0 Å². The molecule has 0 aromatic heterocycles. The van der Waals surface area contributed by atoms with Gasteiger partial charge in [-0.25, -0.2) is 9.59 Å². The van der Waals surface area contributed by atoms with E-state index in [-0.39, 0.29) is 6.29 Å². The Balaban J connectivity index is 4.47. The van der Waals surface area contributed by atoms with E-state index in [4.69, 9.17) is 25.5 Å². The Morgan fingerprint density at radius 1 is 1.06 bits per heavy atom. The van der Waals surface area contributed by atoms with E-state index in [1.165, 1.54) is 0 Å². The lowest BCUT2D eigenvalue weighted by Crippen LogP contribution is -2.48. The van der Waals surface area contributed by atoms with Crippen LogP contribution in [0.25, 0.3) is 0 Å². The van der Waals surface area contributed by atoms with Gasteiger partial charge in [0.05, 0.1) is 0 Å². The Hall–Kier alpha value is -1.55. The van der Waals surface area contributed by atoms with E-state index in [1.807, 2.05) is 0 Å². The van der Waals surface area contributed by atoms with Crippen molar-refractivity contribution in [1.82, 2.24) is 0 Å². The summed E-state index contributed by atoms with van der Waals surface area (Å²) in [7, 11) is 0. The summed E-state index contributed by atoms with van der Waals surface area (Å²) in [5.74, 6) is -1.74. The van der Waals surface area contributed by atoms with Gasteiger partial charge in [-0.1, -0.05) is 0 Å². The van der Waals surface area contributed by atoms with Crippen LogP contribution in [0, 0.1) is 0 Å². The maximum Gasteiger partial charge on any atom is 0.513 e. The normalized spacial score (nSPS) is 18.0. The SMILES string of the molecule is O=C[C@H](O)[C@@H](O)[C@H](O)[C@H](O)C(=O)OC(=O)O. The first-order valence-corrected chi connectivity index (χ1v) is 3.93. The summed E-state index contributed by atoms with van der Waals surface area (Å²) in [5.41, 5.74) is 0. The number of esters is 1. The number of rotatable bonds is 5. The van der Waals surface area contributed by atoms with Crippen molar-refractivity contribution in [2.24, 2.45) is 0 Å². The molecule has 5 N–H and O–H groups in total. The highest BCUT2D eigenvalue weighted by Gasteiger charge is 2.36. The van der Waals surface area contributed by atoms with Crippen molar-refractivity contribution in [1.29, 1.82) is 0 Å². The number of hydrogen-bond donors (Lipinski definition) is 5. The lowest BCUT2D eigenvalue weighted by molar-refractivity contribution is -0.165. The summed E-state index contributed by atoms with van der Waals surface area (Å²) in [6.45, 7) is 0.